The molecule has 1 aliphatic rings. The van der Waals surface area contributed by atoms with Crippen molar-refractivity contribution in [3.05, 3.63) is 23.8 Å². The first-order valence-electron chi connectivity index (χ1n) is 5.43. The third-order valence-electron chi connectivity index (χ3n) is 2.70. The minimum Gasteiger partial charge on any atom is -0.334 e. The molecule has 1 heterocycles. The van der Waals surface area contributed by atoms with Crippen LogP contribution in [-0.2, 0) is 11.3 Å². The van der Waals surface area contributed by atoms with E-state index >= 15 is 0 Å². The summed E-state index contributed by atoms with van der Waals surface area (Å²) in [6.45, 7) is 0.431. The summed E-state index contributed by atoms with van der Waals surface area (Å²) < 4.78 is 0. The van der Waals surface area contributed by atoms with Crippen LogP contribution >= 0.6 is 0 Å². The second-order valence-electron chi connectivity index (χ2n) is 3.91. The van der Waals surface area contributed by atoms with Crippen molar-refractivity contribution in [2.24, 2.45) is 0 Å². The van der Waals surface area contributed by atoms with E-state index in [9.17, 15) is 9.59 Å². The number of nitrogens with zero attached hydrogens (tertiary/aromatic N) is 2. The summed E-state index contributed by atoms with van der Waals surface area (Å²) in [7, 11) is 1.63. The Balaban J connectivity index is 2.35. The van der Waals surface area contributed by atoms with Gasteiger partial charge in [-0.2, -0.15) is 5.26 Å². The van der Waals surface area contributed by atoms with E-state index < -0.39 is 0 Å². The van der Waals surface area contributed by atoms with Crippen LogP contribution in [0.15, 0.2) is 18.2 Å². The number of rotatable bonds is 2. The normalized spacial score (nSPS) is 13.3. The van der Waals surface area contributed by atoms with E-state index in [0.717, 1.165) is 5.56 Å². The quantitative estimate of drug-likeness (QED) is 0.819. The molecule has 2 rings (SSSR count). The fourth-order valence-electron chi connectivity index (χ4n) is 1.89. The van der Waals surface area contributed by atoms with Gasteiger partial charge >= 0.3 is 6.03 Å². The number of anilines is 2. The first-order chi connectivity index (χ1) is 8.63. The fraction of sp³-hybridized carbons (Fsp3) is 0.250. The smallest absolute Gasteiger partial charge is 0.321 e. The molecule has 0 bridgehead atoms. The highest BCUT2D eigenvalue weighted by atomic mass is 16.2. The molecule has 1 aliphatic heterocycles. The lowest BCUT2D eigenvalue weighted by Crippen LogP contribution is -2.42. The molecular formula is C12H12N4O2. The molecule has 18 heavy (non-hydrogen) atoms. The van der Waals surface area contributed by atoms with Gasteiger partial charge in [-0.1, -0.05) is 12.1 Å². The van der Waals surface area contributed by atoms with E-state index in [4.69, 9.17) is 5.26 Å². The highest BCUT2D eigenvalue weighted by molar-refractivity contribution is 6.02. The van der Waals surface area contributed by atoms with Crippen LogP contribution in [0.25, 0.3) is 0 Å². The largest absolute Gasteiger partial charge is 0.334 e. The van der Waals surface area contributed by atoms with Crippen LogP contribution in [0.1, 0.15) is 12.0 Å². The molecule has 0 atom stereocenters. The average molecular weight is 244 g/mol. The second kappa shape index (κ2) is 4.75. The summed E-state index contributed by atoms with van der Waals surface area (Å²) in [5.41, 5.74) is 2.14. The standard InChI is InChI=1S/C12H12N4O2/c1-16-11-8(7-14-12(16)18)3-2-4-9(11)15-10(17)5-6-13/h2-4H,5,7H2,1H3,(H,14,18)(H,15,17). The molecule has 0 aliphatic carbocycles. The maximum absolute atomic E-state index is 11.6. The Hall–Kier alpha value is -2.55. The summed E-state index contributed by atoms with van der Waals surface area (Å²) in [6.07, 6.45) is -0.209. The van der Waals surface area contributed by atoms with Crippen molar-refractivity contribution in [3.8, 4) is 6.07 Å². The zero-order chi connectivity index (χ0) is 13.1. The summed E-state index contributed by atoms with van der Waals surface area (Å²) in [4.78, 5) is 24.4. The van der Waals surface area contributed by atoms with Crippen molar-refractivity contribution >= 4 is 23.3 Å². The molecule has 92 valence electrons. The summed E-state index contributed by atoms with van der Waals surface area (Å²) in [5, 5.41) is 13.8. The monoisotopic (exact) mass is 244 g/mol. The Morgan fingerprint density at radius 3 is 3.11 bits per heavy atom. The Kier molecular flexibility index (Phi) is 3.15. The molecule has 1 aromatic rings. The van der Waals surface area contributed by atoms with Gasteiger partial charge < -0.3 is 10.6 Å². The SMILES string of the molecule is CN1C(=O)NCc2cccc(NC(=O)CC#N)c21. The van der Waals surface area contributed by atoms with E-state index in [1.54, 1.807) is 25.2 Å². The van der Waals surface area contributed by atoms with E-state index in [0.29, 0.717) is 17.9 Å². The van der Waals surface area contributed by atoms with Gasteiger partial charge in [-0.25, -0.2) is 4.79 Å². The maximum atomic E-state index is 11.6. The number of hydrogen-bond acceptors (Lipinski definition) is 3. The number of urea groups is 1. The van der Waals surface area contributed by atoms with Gasteiger partial charge in [-0.15, -0.1) is 0 Å². The van der Waals surface area contributed by atoms with Gasteiger partial charge in [0.25, 0.3) is 0 Å². The predicted molar refractivity (Wildman–Crippen MR) is 65.9 cm³/mol. The van der Waals surface area contributed by atoms with E-state index in [2.05, 4.69) is 10.6 Å². The zero-order valence-electron chi connectivity index (χ0n) is 9.86. The van der Waals surface area contributed by atoms with Gasteiger partial charge in [0.15, 0.2) is 0 Å². The zero-order valence-corrected chi connectivity index (χ0v) is 9.86. The molecule has 2 N–H and O–H groups in total. The van der Waals surface area contributed by atoms with Crippen LogP contribution in [0.5, 0.6) is 0 Å². The minimum atomic E-state index is -0.384. The average Bonchev–Trinajstić information content (AvgIpc) is 2.34. The van der Waals surface area contributed by atoms with Crippen LogP contribution in [0.4, 0.5) is 16.2 Å². The Morgan fingerprint density at radius 2 is 2.39 bits per heavy atom. The third kappa shape index (κ3) is 2.11. The number of fused-ring (bicyclic) bond motifs is 1. The molecular weight excluding hydrogens is 232 g/mol. The predicted octanol–water partition coefficient (Wildman–Crippen LogP) is 1.20. The molecule has 0 saturated heterocycles. The molecule has 0 fully saturated rings. The molecule has 0 aromatic heterocycles. The number of carbonyl (C=O) groups excluding carboxylic acids is 2. The second-order valence-corrected chi connectivity index (χ2v) is 3.91. The number of benzene rings is 1. The van der Waals surface area contributed by atoms with E-state index in [1.165, 1.54) is 4.90 Å². The van der Waals surface area contributed by atoms with Crippen LogP contribution < -0.4 is 15.5 Å². The minimum absolute atomic E-state index is 0.209. The van der Waals surface area contributed by atoms with E-state index in [-0.39, 0.29) is 18.4 Å². The Bertz CT molecular complexity index is 547. The van der Waals surface area contributed by atoms with Gasteiger partial charge in [0.1, 0.15) is 6.42 Å². The van der Waals surface area contributed by atoms with E-state index in [1.807, 2.05) is 6.07 Å². The van der Waals surface area contributed by atoms with Gasteiger partial charge in [-0.05, 0) is 11.6 Å². The molecule has 0 radical (unpaired) electrons. The first-order valence-corrected chi connectivity index (χ1v) is 5.43. The van der Waals surface area contributed by atoms with Crippen LogP contribution in [-0.4, -0.2) is 19.0 Å². The lowest BCUT2D eigenvalue weighted by atomic mass is 10.1. The van der Waals surface area contributed by atoms with Crippen molar-refractivity contribution in [2.45, 2.75) is 13.0 Å². The molecule has 6 heteroatoms. The van der Waals surface area contributed by atoms with Gasteiger partial charge in [0, 0.05) is 13.6 Å². The molecule has 0 unspecified atom stereocenters. The number of amides is 3. The van der Waals surface area contributed by atoms with Crippen molar-refractivity contribution < 1.29 is 9.59 Å². The van der Waals surface area contributed by atoms with Crippen LogP contribution in [0.2, 0.25) is 0 Å². The molecule has 1 aromatic carbocycles. The molecule has 6 nitrogen and oxygen atoms in total. The van der Waals surface area contributed by atoms with Crippen LogP contribution in [0, 0.1) is 11.3 Å². The number of hydrogen-bond donors (Lipinski definition) is 2. The number of carbonyl (C=O) groups is 2. The van der Waals surface area contributed by atoms with Crippen LogP contribution in [0.3, 0.4) is 0 Å². The fourth-order valence-corrected chi connectivity index (χ4v) is 1.89. The van der Waals surface area contributed by atoms with Crippen molar-refractivity contribution in [1.29, 1.82) is 5.26 Å². The van der Waals surface area contributed by atoms with Gasteiger partial charge in [0.2, 0.25) is 5.91 Å². The Morgan fingerprint density at radius 1 is 1.61 bits per heavy atom. The molecule has 3 amide bonds. The number of nitriles is 1. The lowest BCUT2D eigenvalue weighted by Gasteiger charge is -2.28. The Labute approximate surface area is 104 Å². The first kappa shape index (κ1) is 11.9. The molecule has 0 spiro atoms. The lowest BCUT2D eigenvalue weighted by molar-refractivity contribution is -0.115. The highest BCUT2D eigenvalue weighted by Crippen LogP contribution is 2.31. The summed E-state index contributed by atoms with van der Waals surface area (Å²) in [6, 6.07) is 6.95. The van der Waals surface area contributed by atoms with Crippen molar-refractivity contribution in [1.82, 2.24) is 5.32 Å². The maximum Gasteiger partial charge on any atom is 0.321 e. The number of nitrogens with one attached hydrogen (secondary N) is 2. The molecule has 0 saturated carbocycles. The highest BCUT2D eigenvalue weighted by Gasteiger charge is 2.23. The topological polar surface area (TPSA) is 85.2 Å². The third-order valence-corrected chi connectivity index (χ3v) is 2.70. The summed E-state index contributed by atoms with van der Waals surface area (Å²) >= 11 is 0. The number of para-hydroxylation sites is 1. The summed E-state index contributed by atoms with van der Waals surface area (Å²) in [5.74, 6) is -0.384. The van der Waals surface area contributed by atoms with Crippen molar-refractivity contribution in [3.63, 3.8) is 0 Å². The van der Waals surface area contributed by atoms with Gasteiger partial charge in [0.05, 0.1) is 17.4 Å². The van der Waals surface area contributed by atoms with Gasteiger partial charge in [-0.3, -0.25) is 9.69 Å². The van der Waals surface area contributed by atoms with Crippen molar-refractivity contribution in [2.75, 3.05) is 17.3 Å².